The highest BCUT2D eigenvalue weighted by molar-refractivity contribution is 5.40. The molecule has 0 unspecified atom stereocenters. The van der Waals surface area contributed by atoms with Crippen molar-refractivity contribution in [2.45, 2.75) is 26.4 Å². The Kier molecular flexibility index (Phi) is 3.91. The minimum atomic E-state index is -0.107. The van der Waals surface area contributed by atoms with E-state index >= 15 is 0 Å². The molecule has 94 valence electrons. The Bertz CT molecular complexity index is 384. The quantitative estimate of drug-likeness (QED) is 0.831. The maximum Gasteiger partial charge on any atom is 0.132 e. The van der Waals surface area contributed by atoms with E-state index in [0.29, 0.717) is 13.2 Å². The van der Waals surface area contributed by atoms with E-state index in [4.69, 9.17) is 9.84 Å². The third-order valence-electron chi connectivity index (χ3n) is 2.91. The maximum absolute atomic E-state index is 9.13. The highest BCUT2D eigenvalue weighted by atomic mass is 16.5. The van der Waals surface area contributed by atoms with Crippen molar-refractivity contribution in [2.24, 2.45) is 0 Å². The van der Waals surface area contributed by atoms with Gasteiger partial charge in [-0.15, -0.1) is 0 Å². The molecule has 0 bridgehead atoms. The Morgan fingerprint density at radius 1 is 1.53 bits per heavy atom. The first kappa shape index (κ1) is 12.3. The molecule has 2 heterocycles. The summed E-state index contributed by atoms with van der Waals surface area (Å²) < 4.78 is 5.43. The lowest BCUT2D eigenvalue weighted by Crippen LogP contribution is -2.44. The molecule has 1 aromatic rings. The largest absolute Gasteiger partial charge is 0.394 e. The predicted molar refractivity (Wildman–Crippen MR) is 65.2 cm³/mol. The number of rotatable bonds is 3. The zero-order chi connectivity index (χ0) is 12.3. The predicted octanol–water partition coefficient (Wildman–Crippen LogP) is 0.545. The second-order valence-electron chi connectivity index (χ2n) is 4.24. The lowest BCUT2D eigenvalue weighted by Gasteiger charge is -2.33. The van der Waals surface area contributed by atoms with Crippen LogP contribution >= 0.6 is 0 Å². The summed E-state index contributed by atoms with van der Waals surface area (Å²) in [6.07, 6.45) is 0.800. The van der Waals surface area contributed by atoms with Gasteiger partial charge in [0.25, 0.3) is 0 Å². The van der Waals surface area contributed by atoms with Crippen molar-refractivity contribution in [3.8, 4) is 0 Å². The van der Waals surface area contributed by atoms with Crippen LogP contribution < -0.4 is 4.90 Å². The minimum absolute atomic E-state index is 0.0567. The van der Waals surface area contributed by atoms with E-state index in [-0.39, 0.29) is 12.7 Å². The van der Waals surface area contributed by atoms with Crippen LogP contribution in [-0.2, 0) is 11.2 Å². The summed E-state index contributed by atoms with van der Waals surface area (Å²) in [6.45, 7) is 6.19. The topological polar surface area (TPSA) is 58.5 Å². The number of anilines is 1. The molecule has 1 N–H and O–H groups in total. The second kappa shape index (κ2) is 5.42. The molecule has 5 nitrogen and oxygen atoms in total. The lowest BCUT2D eigenvalue weighted by atomic mass is 10.2. The molecule has 0 aromatic carbocycles. The first-order chi connectivity index (χ1) is 8.22. The summed E-state index contributed by atoms with van der Waals surface area (Å²) in [4.78, 5) is 11.0. The molecule has 5 heteroatoms. The molecule has 1 fully saturated rings. The SMILES string of the molecule is CCc1cc(N2CCO[C@@H](CO)C2)nc(C)n1. The zero-order valence-corrected chi connectivity index (χ0v) is 10.4. The molecule has 0 aliphatic carbocycles. The summed E-state index contributed by atoms with van der Waals surface area (Å²) in [5.41, 5.74) is 1.06. The van der Waals surface area contributed by atoms with Crippen molar-refractivity contribution in [2.75, 3.05) is 31.2 Å². The van der Waals surface area contributed by atoms with E-state index in [0.717, 1.165) is 30.3 Å². The van der Waals surface area contributed by atoms with Crippen LogP contribution in [0.2, 0.25) is 0 Å². The third-order valence-corrected chi connectivity index (χ3v) is 2.91. The molecule has 17 heavy (non-hydrogen) atoms. The van der Waals surface area contributed by atoms with Gasteiger partial charge in [-0.05, 0) is 13.3 Å². The van der Waals surface area contributed by atoms with Crippen molar-refractivity contribution >= 4 is 5.82 Å². The number of aliphatic hydroxyl groups excluding tert-OH is 1. The van der Waals surface area contributed by atoms with Gasteiger partial charge in [-0.1, -0.05) is 6.92 Å². The first-order valence-electron chi connectivity index (χ1n) is 6.05. The monoisotopic (exact) mass is 237 g/mol. The van der Waals surface area contributed by atoms with Crippen LogP contribution in [0, 0.1) is 6.92 Å². The Morgan fingerprint density at radius 3 is 3.06 bits per heavy atom. The van der Waals surface area contributed by atoms with E-state index in [9.17, 15) is 0 Å². The van der Waals surface area contributed by atoms with Crippen molar-refractivity contribution < 1.29 is 9.84 Å². The Hall–Kier alpha value is -1.20. The Morgan fingerprint density at radius 2 is 2.35 bits per heavy atom. The molecule has 0 saturated carbocycles. The number of morpholine rings is 1. The van der Waals surface area contributed by atoms with E-state index in [1.807, 2.05) is 13.0 Å². The normalized spacial score (nSPS) is 20.6. The molecule has 2 rings (SSSR count). The smallest absolute Gasteiger partial charge is 0.132 e. The number of ether oxygens (including phenoxy) is 1. The van der Waals surface area contributed by atoms with Crippen LogP contribution in [0.15, 0.2) is 6.07 Å². The molecule has 0 amide bonds. The number of hydrogen-bond donors (Lipinski definition) is 1. The van der Waals surface area contributed by atoms with Gasteiger partial charge in [0.15, 0.2) is 0 Å². The van der Waals surface area contributed by atoms with E-state index in [1.54, 1.807) is 0 Å². The highest BCUT2D eigenvalue weighted by Crippen LogP contribution is 2.16. The van der Waals surface area contributed by atoms with Gasteiger partial charge in [0.1, 0.15) is 11.6 Å². The van der Waals surface area contributed by atoms with Gasteiger partial charge in [0.2, 0.25) is 0 Å². The fourth-order valence-electron chi connectivity index (χ4n) is 1.99. The average molecular weight is 237 g/mol. The molecule has 0 radical (unpaired) electrons. The van der Waals surface area contributed by atoms with Gasteiger partial charge in [-0.25, -0.2) is 9.97 Å². The standard InChI is InChI=1S/C12H19N3O2/c1-3-10-6-12(14-9(2)13-10)15-4-5-17-11(7-15)8-16/h6,11,16H,3-5,7-8H2,1-2H3/t11-/m1/s1. The van der Waals surface area contributed by atoms with Gasteiger partial charge in [0.05, 0.1) is 19.3 Å². The van der Waals surface area contributed by atoms with E-state index in [2.05, 4.69) is 21.8 Å². The van der Waals surface area contributed by atoms with Gasteiger partial charge < -0.3 is 14.7 Å². The van der Waals surface area contributed by atoms with Gasteiger partial charge in [-0.2, -0.15) is 0 Å². The fourth-order valence-corrected chi connectivity index (χ4v) is 1.99. The fraction of sp³-hybridized carbons (Fsp3) is 0.667. The summed E-state index contributed by atoms with van der Waals surface area (Å²) in [6, 6.07) is 2.02. The van der Waals surface area contributed by atoms with E-state index in [1.165, 1.54) is 0 Å². The average Bonchev–Trinajstić information content (AvgIpc) is 2.38. The van der Waals surface area contributed by atoms with Crippen molar-refractivity contribution in [1.29, 1.82) is 0 Å². The van der Waals surface area contributed by atoms with Gasteiger partial charge in [0, 0.05) is 24.8 Å². The zero-order valence-electron chi connectivity index (χ0n) is 10.4. The number of nitrogens with zero attached hydrogens (tertiary/aromatic N) is 3. The first-order valence-corrected chi connectivity index (χ1v) is 6.05. The third kappa shape index (κ3) is 2.92. The minimum Gasteiger partial charge on any atom is -0.394 e. The van der Waals surface area contributed by atoms with Crippen molar-refractivity contribution in [3.63, 3.8) is 0 Å². The molecule has 1 aliphatic heterocycles. The molecular weight excluding hydrogens is 218 g/mol. The maximum atomic E-state index is 9.13. The Balaban J connectivity index is 2.18. The summed E-state index contributed by atoms with van der Waals surface area (Å²) in [7, 11) is 0. The number of hydrogen-bond acceptors (Lipinski definition) is 5. The Labute approximate surface area is 101 Å². The summed E-state index contributed by atoms with van der Waals surface area (Å²) in [5.74, 6) is 1.74. The van der Waals surface area contributed by atoms with Crippen LogP contribution in [0.1, 0.15) is 18.4 Å². The molecule has 1 aromatic heterocycles. The lowest BCUT2D eigenvalue weighted by molar-refractivity contribution is 0.00334. The number of aliphatic hydroxyl groups is 1. The number of aryl methyl sites for hydroxylation is 2. The van der Waals surface area contributed by atoms with Crippen LogP contribution in [0.5, 0.6) is 0 Å². The van der Waals surface area contributed by atoms with Crippen LogP contribution in [0.3, 0.4) is 0 Å². The molecule has 1 atom stereocenters. The summed E-state index contributed by atoms with van der Waals surface area (Å²) in [5, 5.41) is 9.13. The summed E-state index contributed by atoms with van der Waals surface area (Å²) >= 11 is 0. The van der Waals surface area contributed by atoms with E-state index < -0.39 is 0 Å². The number of aromatic nitrogens is 2. The molecule has 1 aliphatic rings. The highest BCUT2D eigenvalue weighted by Gasteiger charge is 2.21. The van der Waals surface area contributed by atoms with Gasteiger partial charge in [-0.3, -0.25) is 0 Å². The van der Waals surface area contributed by atoms with Crippen molar-refractivity contribution in [3.05, 3.63) is 17.6 Å². The van der Waals surface area contributed by atoms with Crippen molar-refractivity contribution in [1.82, 2.24) is 9.97 Å². The van der Waals surface area contributed by atoms with Gasteiger partial charge >= 0.3 is 0 Å². The van der Waals surface area contributed by atoms with Crippen LogP contribution in [0.25, 0.3) is 0 Å². The van der Waals surface area contributed by atoms with Crippen LogP contribution in [-0.4, -0.2) is 47.5 Å². The molecular formula is C12H19N3O2. The molecule has 0 spiro atoms. The molecule has 1 saturated heterocycles. The second-order valence-corrected chi connectivity index (χ2v) is 4.24. The van der Waals surface area contributed by atoms with Crippen LogP contribution in [0.4, 0.5) is 5.82 Å².